The number of anilines is 1. The van der Waals surface area contributed by atoms with Crippen LogP contribution in [0.1, 0.15) is 11.1 Å². The predicted molar refractivity (Wildman–Crippen MR) is 113 cm³/mol. The van der Waals surface area contributed by atoms with Crippen molar-refractivity contribution >= 4 is 27.3 Å². The molecule has 1 N–H and O–H groups in total. The summed E-state index contributed by atoms with van der Waals surface area (Å²) in [7, 11) is -2.44. The first-order chi connectivity index (χ1) is 14.7. The second-order valence-corrected chi connectivity index (χ2v) is 8.89. The van der Waals surface area contributed by atoms with Gasteiger partial charge in [0, 0.05) is 30.4 Å². The van der Waals surface area contributed by atoms with Gasteiger partial charge in [-0.3, -0.25) is 14.9 Å². The molecule has 2 aromatic rings. The maximum atomic E-state index is 13.1. The normalized spacial score (nSPS) is 14.8. The SMILES string of the molecule is COc1ccc(CC(=O)Nc2ccc(C)c([N+](=O)[O-])c2)cc1S(=O)(=O)N1CCOCC1. The number of amides is 1. The van der Waals surface area contributed by atoms with Crippen LogP contribution in [0, 0.1) is 17.0 Å². The van der Waals surface area contributed by atoms with Crippen LogP contribution in [0.2, 0.25) is 0 Å². The van der Waals surface area contributed by atoms with Crippen molar-refractivity contribution in [3.8, 4) is 5.75 Å². The van der Waals surface area contributed by atoms with E-state index in [0.717, 1.165) is 0 Å². The van der Waals surface area contributed by atoms with Crippen molar-refractivity contribution in [3.63, 3.8) is 0 Å². The zero-order chi connectivity index (χ0) is 22.6. The number of carbonyl (C=O) groups is 1. The molecule has 1 aliphatic rings. The molecule has 0 radical (unpaired) electrons. The van der Waals surface area contributed by atoms with Gasteiger partial charge in [0.2, 0.25) is 15.9 Å². The Morgan fingerprint density at radius 3 is 2.58 bits per heavy atom. The average molecular weight is 449 g/mol. The third kappa shape index (κ3) is 5.19. The molecule has 0 aliphatic carbocycles. The summed E-state index contributed by atoms with van der Waals surface area (Å²) in [6, 6.07) is 8.94. The molecule has 0 bridgehead atoms. The zero-order valence-corrected chi connectivity index (χ0v) is 18.0. The van der Waals surface area contributed by atoms with Crippen LogP contribution in [0.5, 0.6) is 5.75 Å². The van der Waals surface area contributed by atoms with Crippen LogP contribution in [0.3, 0.4) is 0 Å². The van der Waals surface area contributed by atoms with E-state index >= 15 is 0 Å². The number of benzene rings is 2. The fourth-order valence-electron chi connectivity index (χ4n) is 3.23. The van der Waals surface area contributed by atoms with Gasteiger partial charge in [-0.15, -0.1) is 0 Å². The minimum atomic E-state index is -3.82. The van der Waals surface area contributed by atoms with Crippen molar-refractivity contribution in [2.45, 2.75) is 18.2 Å². The Labute approximate surface area is 180 Å². The van der Waals surface area contributed by atoms with E-state index in [2.05, 4.69) is 5.32 Å². The number of ether oxygens (including phenoxy) is 2. The molecule has 3 rings (SSSR count). The predicted octanol–water partition coefficient (Wildman–Crippen LogP) is 2.11. The Morgan fingerprint density at radius 2 is 1.94 bits per heavy atom. The van der Waals surface area contributed by atoms with Gasteiger partial charge in [-0.1, -0.05) is 12.1 Å². The van der Waals surface area contributed by atoms with Crippen LogP contribution in [0.25, 0.3) is 0 Å². The van der Waals surface area contributed by atoms with E-state index in [0.29, 0.717) is 24.3 Å². The summed E-state index contributed by atoms with van der Waals surface area (Å²) in [4.78, 5) is 23.0. The number of hydrogen-bond donors (Lipinski definition) is 1. The average Bonchev–Trinajstić information content (AvgIpc) is 2.75. The molecule has 10 nitrogen and oxygen atoms in total. The number of morpholine rings is 1. The lowest BCUT2D eigenvalue weighted by Crippen LogP contribution is -2.40. The van der Waals surface area contributed by atoms with Gasteiger partial charge in [-0.25, -0.2) is 8.42 Å². The Hall–Kier alpha value is -3.02. The highest BCUT2D eigenvalue weighted by atomic mass is 32.2. The molecule has 1 aliphatic heterocycles. The van der Waals surface area contributed by atoms with Gasteiger partial charge in [0.05, 0.1) is 31.7 Å². The van der Waals surface area contributed by atoms with Crippen LogP contribution in [-0.2, 0) is 26.0 Å². The van der Waals surface area contributed by atoms with Gasteiger partial charge in [0.1, 0.15) is 10.6 Å². The Bertz CT molecular complexity index is 1100. The Morgan fingerprint density at radius 1 is 1.23 bits per heavy atom. The zero-order valence-electron chi connectivity index (χ0n) is 17.2. The van der Waals surface area contributed by atoms with Crippen LogP contribution >= 0.6 is 0 Å². The minimum absolute atomic E-state index is 0.0202. The fraction of sp³-hybridized carbons (Fsp3) is 0.350. The van der Waals surface area contributed by atoms with Gasteiger partial charge in [-0.2, -0.15) is 4.31 Å². The molecule has 1 fully saturated rings. The third-order valence-corrected chi connectivity index (χ3v) is 6.79. The van der Waals surface area contributed by atoms with E-state index in [-0.39, 0.29) is 41.5 Å². The topological polar surface area (TPSA) is 128 Å². The lowest BCUT2D eigenvalue weighted by molar-refractivity contribution is -0.385. The molecule has 0 atom stereocenters. The van der Waals surface area contributed by atoms with Gasteiger partial charge < -0.3 is 14.8 Å². The molecular formula is C20H23N3O7S. The maximum absolute atomic E-state index is 13.1. The highest BCUT2D eigenvalue weighted by Crippen LogP contribution is 2.29. The largest absolute Gasteiger partial charge is 0.495 e. The number of nitrogens with one attached hydrogen (secondary N) is 1. The molecule has 1 saturated heterocycles. The summed E-state index contributed by atoms with van der Waals surface area (Å²) in [6.45, 7) is 2.71. The number of rotatable bonds is 7. The molecule has 0 aromatic heterocycles. The molecule has 0 unspecified atom stereocenters. The van der Waals surface area contributed by atoms with Crippen LogP contribution in [0.15, 0.2) is 41.3 Å². The Balaban J connectivity index is 1.81. The first kappa shape index (κ1) is 22.7. The van der Waals surface area contributed by atoms with E-state index in [1.165, 1.54) is 29.6 Å². The second kappa shape index (κ2) is 9.41. The quantitative estimate of drug-likeness (QED) is 0.506. The number of methoxy groups -OCH3 is 1. The molecule has 1 heterocycles. The van der Waals surface area contributed by atoms with Crippen molar-refractivity contribution in [1.29, 1.82) is 0 Å². The number of sulfonamides is 1. The summed E-state index contributed by atoms with van der Waals surface area (Å²) >= 11 is 0. The van der Waals surface area contributed by atoms with Crippen LogP contribution in [-0.4, -0.2) is 57.0 Å². The molecule has 2 aromatic carbocycles. The highest BCUT2D eigenvalue weighted by molar-refractivity contribution is 7.89. The summed E-state index contributed by atoms with van der Waals surface area (Å²) in [5.74, 6) is -0.247. The summed E-state index contributed by atoms with van der Waals surface area (Å²) in [5.41, 5.74) is 1.14. The van der Waals surface area contributed by atoms with E-state index < -0.39 is 20.9 Å². The smallest absolute Gasteiger partial charge is 0.274 e. The first-order valence-electron chi connectivity index (χ1n) is 9.52. The molecule has 166 valence electrons. The first-order valence-corrected chi connectivity index (χ1v) is 11.0. The lowest BCUT2D eigenvalue weighted by Gasteiger charge is -2.26. The standard InChI is InChI=1S/C20H23N3O7S/c1-14-3-5-16(13-17(14)23(25)26)21-20(24)12-15-4-6-18(29-2)19(11-15)31(27,28)22-7-9-30-10-8-22/h3-6,11,13H,7-10,12H2,1-2H3,(H,21,24). The molecular weight excluding hydrogens is 426 g/mol. The van der Waals surface area contributed by atoms with Crippen LogP contribution in [0.4, 0.5) is 11.4 Å². The van der Waals surface area contributed by atoms with Gasteiger partial charge in [0.25, 0.3) is 5.69 Å². The van der Waals surface area contributed by atoms with Crippen molar-refractivity contribution in [1.82, 2.24) is 4.31 Å². The maximum Gasteiger partial charge on any atom is 0.274 e. The van der Waals surface area contributed by atoms with E-state index in [1.807, 2.05) is 0 Å². The van der Waals surface area contributed by atoms with Crippen molar-refractivity contribution < 1.29 is 27.6 Å². The monoisotopic (exact) mass is 449 g/mol. The van der Waals surface area contributed by atoms with Crippen molar-refractivity contribution in [2.75, 3.05) is 38.7 Å². The summed E-state index contributed by atoms with van der Waals surface area (Å²) < 4.78 is 37.9. The van der Waals surface area contributed by atoms with Gasteiger partial charge in [-0.05, 0) is 30.7 Å². The molecule has 1 amide bonds. The summed E-state index contributed by atoms with van der Waals surface area (Å²) in [5, 5.41) is 13.7. The Kier molecular flexibility index (Phi) is 6.88. The number of nitro benzene ring substituents is 1. The highest BCUT2D eigenvalue weighted by Gasteiger charge is 2.29. The molecule has 31 heavy (non-hydrogen) atoms. The van der Waals surface area contributed by atoms with Gasteiger partial charge in [0.15, 0.2) is 0 Å². The van der Waals surface area contributed by atoms with Crippen molar-refractivity contribution in [2.24, 2.45) is 0 Å². The number of carbonyl (C=O) groups excluding carboxylic acids is 1. The van der Waals surface area contributed by atoms with Gasteiger partial charge >= 0.3 is 0 Å². The second-order valence-electron chi connectivity index (χ2n) is 6.98. The number of nitro groups is 1. The number of nitrogens with zero attached hydrogens (tertiary/aromatic N) is 2. The third-order valence-electron chi connectivity index (χ3n) is 4.87. The van der Waals surface area contributed by atoms with E-state index in [9.17, 15) is 23.3 Å². The number of hydrogen-bond acceptors (Lipinski definition) is 7. The van der Waals surface area contributed by atoms with Crippen molar-refractivity contribution in [3.05, 3.63) is 57.6 Å². The van der Waals surface area contributed by atoms with E-state index in [1.54, 1.807) is 25.1 Å². The minimum Gasteiger partial charge on any atom is -0.495 e. The lowest BCUT2D eigenvalue weighted by atomic mass is 10.1. The van der Waals surface area contributed by atoms with E-state index in [4.69, 9.17) is 9.47 Å². The van der Waals surface area contributed by atoms with Crippen LogP contribution < -0.4 is 10.1 Å². The molecule has 0 spiro atoms. The molecule has 0 saturated carbocycles. The fourth-order valence-corrected chi connectivity index (χ4v) is 4.85. The summed E-state index contributed by atoms with van der Waals surface area (Å²) in [6.07, 6.45) is -0.114. The molecule has 11 heteroatoms. The number of aryl methyl sites for hydroxylation is 1.